The Kier molecular flexibility index (Phi) is 5.03. The number of benzene rings is 1. The van der Waals surface area contributed by atoms with E-state index >= 15 is 0 Å². The van der Waals surface area contributed by atoms with Gasteiger partial charge in [0.1, 0.15) is 6.54 Å². The van der Waals surface area contributed by atoms with Gasteiger partial charge in [0.05, 0.1) is 23.7 Å². The van der Waals surface area contributed by atoms with Crippen LogP contribution >= 0.6 is 0 Å². The van der Waals surface area contributed by atoms with E-state index in [-0.39, 0.29) is 4.90 Å². The van der Waals surface area contributed by atoms with Crippen molar-refractivity contribution in [1.82, 2.24) is 0 Å². The maximum Gasteiger partial charge on any atom is 0.417 e. The van der Waals surface area contributed by atoms with E-state index in [4.69, 9.17) is 11.0 Å². The van der Waals surface area contributed by atoms with Gasteiger partial charge >= 0.3 is 12.4 Å². The molecule has 0 unspecified atom stereocenters. The van der Waals surface area contributed by atoms with E-state index in [1.54, 1.807) is 0 Å². The zero-order chi connectivity index (χ0) is 17.1. The Morgan fingerprint density at radius 2 is 1.82 bits per heavy atom. The summed E-state index contributed by atoms with van der Waals surface area (Å²) >= 11 is 0. The molecule has 1 aromatic carbocycles. The summed E-state index contributed by atoms with van der Waals surface area (Å²) in [5, 5.41) is 8.62. The van der Waals surface area contributed by atoms with Gasteiger partial charge in [-0.3, -0.25) is 4.79 Å². The summed E-state index contributed by atoms with van der Waals surface area (Å²) in [6.45, 7) is -2.59. The Balaban J connectivity index is 3.38. The van der Waals surface area contributed by atoms with Crippen LogP contribution in [0.4, 0.5) is 32.0 Å². The number of alkyl halides is 6. The first-order valence-electron chi connectivity index (χ1n) is 5.68. The first-order chi connectivity index (χ1) is 9.99. The highest BCUT2D eigenvalue weighted by molar-refractivity contribution is 5.95. The topological polar surface area (TPSA) is 70.1 Å². The molecule has 0 aliphatic heterocycles. The molecule has 0 radical (unpaired) electrons. The van der Waals surface area contributed by atoms with Gasteiger partial charge in [-0.05, 0) is 18.2 Å². The number of hydrogen-bond acceptors (Lipinski definition) is 3. The average molecular weight is 325 g/mol. The van der Waals surface area contributed by atoms with Gasteiger partial charge in [-0.25, -0.2) is 0 Å². The average Bonchev–Trinajstić information content (AvgIpc) is 2.41. The van der Waals surface area contributed by atoms with Crippen molar-refractivity contribution in [3.8, 4) is 6.07 Å². The summed E-state index contributed by atoms with van der Waals surface area (Å²) in [5.41, 5.74) is 2.15. The molecule has 0 aliphatic rings. The Hall–Kier alpha value is -2.28. The number of carbonyl (C=O) groups is 1. The third-order valence-electron chi connectivity index (χ3n) is 2.55. The van der Waals surface area contributed by atoms with Gasteiger partial charge in [0.2, 0.25) is 5.91 Å². The quantitative estimate of drug-likeness (QED) is 0.868. The van der Waals surface area contributed by atoms with Crippen LogP contribution < -0.4 is 10.6 Å². The normalized spacial score (nSPS) is 11.9. The minimum absolute atomic E-state index is 0.0936. The van der Waals surface area contributed by atoms with Crippen molar-refractivity contribution in [2.24, 2.45) is 5.73 Å². The number of rotatable bonds is 3. The minimum atomic E-state index is -4.95. The van der Waals surface area contributed by atoms with Crippen LogP contribution in [-0.4, -0.2) is 25.2 Å². The molecule has 10 heteroatoms. The van der Waals surface area contributed by atoms with Gasteiger partial charge in [0.15, 0.2) is 0 Å². The number of hydrogen-bond donors (Lipinski definition) is 1. The highest BCUT2D eigenvalue weighted by Gasteiger charge is 2.37. The summed E-state index contributed by atoms with van der Waals surface area (Å²) in [6, 6.07) is 3.13. The summed E-state index contributed by atoms with van der Waals surface area (Å²) in [5.74, 6) is -1.20. The number of nitriles is 1. The third-order valence-corrected chi connectivity index (χ3v) is 2.55. The van der Waals surface area contributed by atoms with Gasteiger partial charge in [0, 0.05) is 5.69 Å². The molecule has 0 fully saturated rings. The van der Waals surface area contributed by atoms with Crippen LogP contribution in [0.15, 0.2) is 18.2 Å². The molecule has 1 aromatic rings. The fourth-order valence-corrected chi connectivity index (χ4v) is 1.65. The molecule has 120 valence electrons. The summed E-state index contributed by atoms with van der Waals surface area (Å²) < 4.78 is 75.8. The first-order valence-corrected chi connectivity index (χ1v) is 5.68. The zero-order valence-electron chi connectivity index (χ0n) is 10.8. The van der Waals surface area contributed by atoms with Crippen LogP contribution in [0.2, 0.25) is 0 Å². The van der Waals surface area contributed by atoms with Crippen LogP contribution in [0.5, 0.6) is 0 Å². The molecule has 0 aromatic heterocycles. The van der Waals surface area contributed by atoms with E-state index in [0.717, 1.165) is 6.07 Å². The van der Waals surface area contributed by atoms with Gasteiger partial charge in [-0.15, -0.1) is 0 Å². The summed E-state index contributed by atoms with van der Waals surface area (Å²) in [6.07, 6.45) is -9.77. The lowest BCUT2D eigenvalue weighted by molar-refractivity contribution is -0.137. The molecule has 2 N–H and O–H groups in total. The van der Waals surface area contributed by atoms with Crippen LogP contribution in [0.25, 0.3) is 0 Å². The lowest BCUT2D eigenvalue weighted by Gasteiger charge is -2.24. The van der Waals surface area contributed by atoms with Gasteiger partial charge in [0.25, 0.3) is 0 Å². The Bertz CT molecular complexity index is 602. The predicted molar refractivity (Wildman–Crippen MR) is 63.6 cm³/mol. The number of nitrogens with two attached hydrogens (primary N) is 1. The molecular formula is C12H9F6N3O. The van der Waals surface area contributed by atoms with Crippen molar-refractivity contribution in [3.05, 3.63) is 29.3 Å². The number of anilines is 1. The number of halogens is 6. The second kappa shape index (κ2) is 6.23. The van der Waals surface area contributed by atoms with Crippen molar-refractivity contribution in [1.29, 1.82) is 5.26 Å². The predicted octanol–water partition coefficient (Wildman–Crippen LogP) is 2.43. The second-order valence-electron chi connectivity index (χ2n) is 4.14. The highest BCUT2D eigenvalue weighted by Crippen LogP contribution is 2.35. The standard InChI is InChI=1S/C12H9F6N3O/c13-11(14,15)6-21(10(22)5-20)8-2-1-7(4-19)9(3-8)12(16,17)18/h1-3H,5-6,20H2. The fourth-order valence-electron chi connectivity index (χ4n) is 1.65. The maximum absolute atomic E-state index is 12.8. The molecule has 0 saturated heterocycles. The van der Waals surface area contributed by atoms with Gasteiger partial charge in [-0.2, -0.15) is 31.6 Å². The second-order valence-corrected chi connectivity index (χ2v) is 4.14. The monoisotopic (exact) mass is 325 g/mol. The molecule has 22 heavy (non-hydrogen) atoms. The Labute approximate surface area is 120 Å². The lowest BCUT2D eigenvalue weighted by Crippen LogP contribution is -2.42. The lowest BCUT2D eigenvalue weighted by atomic mass is 10.1. The van der Waals surface area contributed by atoms with Crippen LogP contribution in [0.1, 0.15) is 11.1 Å². The number of nitrogens with zero attached hydrogens (tertiary/aromatic N) is 2. The zero-order valence-corrected chi connectivity index (χ0v) is 10.8. The van der Waals surface area contributed by atoms with E-state index in [1.165, 1.54) is 6.07 Å². The van der Waals surface area contributed by atoms with E-state index in [2.05, 4.69) is 0 Å². The van der Waals surface area contributed by atoms with Crippen LogP contribution in [-0.2, 0) is 11.0 Å². The SMILES string of the molecule is N#Cc1ccc(N(CC(F)(F)F)C(=O)CN)cc1C(F)(F)F. The maximum atomic E-state index is 12.8. The largest absolute Gasteiger partial charge is 0.417 e. The summed E-state index contributed by atoms with van der Waals surface area (Å²) in [4.78, 5) is 11.6. The molecule has 0 bridgehead atoms. The fraction of sp³-hybridized carbons (Fsp3) is 0.333. The van der Waals surface area contributed by atoms with E-state index in [0.29, 0.717) is 12.1 Å². The first kappa shape index (κ1) is 17.8. The molecule has 1 rings (SSSR count). The molecule has 1 amide bonds. The van der Waals surface area contributed by atoms with Crippen molar-refractivity contribution in [2.45, 2.75) is 12.4 Å². The minimum Gasteiger partial charge on any atom is -0.322 e. The Morgan fingerprint density at radius 1 is 1.23 bits per heavy atom. The van der Waals surface area contributed by atoms with Crippen molar-refractivity contribution >= 4 is 11.6 Å². The van der Waals surface area contributed by atoms with Gasteiger partial charge < -0.3 is 10.6 Å². The molecule has 0 aliphatic carbocycles. The molecule has 0 spiro atoms. The molecule has 4 nitrogen and oxygen atoms in total. The summed E-state index contributed by atoms with van der Waals surface area (Å²) in [7, 11) is 0. The van der Waals surface area contributed by atoms with Crippen molar-refractivity contribution < 1.29 is 31.1 Å². The molecular weight excluding hydrogens is 316 g/mol. The molecule has 0 heterocycles. The van der Waals surface area contributed by atoms with E-state index in [1.807, 2.05) is 0 Å². The smallest absolute Gasteiger partial charge is 0.322 e. The van der Waals surface area contributed by atoms with Gasteiger partial charge in [-0.1, -0.05) is 0 Å². The third kappa shape index (κ3) is 4.36. The van der Waals surface area contributed by atoms with Crippen molar-refractivity contribution in [2.75, 3.05) is 18.0 Å². The Morgan fingerprint density at radius 3 is 2.23 bits per heavy atom. The number of amides is 1. The highest BCUT2D eigenvalue weighted by atomic mass is 19.4. The van der Waals surface area contributed by atoms with Crippen LogP contribution in [0, 0.1) is 11.3 Å². The van der Waals surface area contributed by atoms with Crippen LogP contribution in [0.3, 0.4) is 0 Å². The number of carbonyl (C=O) groups excluding carboxylic acids is 1. The molecule has 0 saturated carbocycles. The van der Waals surface area contributed by atoms with E-state index < -0.39 is 48.2 Å². The molecule has 0 atom stereocenters. The van der Waals surface area contributed by atoms with E-state index in [9.17, 15) is 31.1 Å². The van der Waals surface area contributed by atoms with Crippen molar-refractivity contribution in [3.63, 3.8) is 0 Å².